The van der Waals surface area contributed by atoms with Crippen molar-refractivity contribution >= 4 is 34.9 Å². The van der Waals surface area contributed by atoms with Gasteiger partial charge in [0, 0.05) is 27.3 Å². The van der Waals surface area contributed by atoms with E-state index in [0.29, 0.717) is 5.25 Å². The van der Waals surface area contributed by atoms with E-state index in [4.69, 9.17) is 0 Å². The maximum absolute atomic E-state index is 4.58. The summed E-state index contributed by atoms with van der Waals surface area (Å²) >= 11 is 5.99. The fourth-order valence-electron chi connectivity index (χ4n) is 1.43. The predicted molar refractivity (Wildman–Crippen MR) is 68.6 cm³/mol. The topological polar surface area (TPSA) is 12.9 Å². The van der Waals surface area contributed by atoms with Gasteiger partial charge in [0.2, 0.25) is 0 Å². The van der Waals surface area contributed by atoms with Gasteiger partial charge in [-0.15, -0.1) is 23.1 Å². The third-order valence-corrected chi connectivity index (χ3v) is 7.09. The summed E-state index contributed by atoms with van der Waals surface area (Å²) in [7, 11) is 0. The number of nitrogens with zero attached hydrogens (tertiary/aromatic N) is 1. The molecule has 1 fully saturated rings. The molecule has 4 heteroatoms. The van der Waals surface area contributed by atoms with Crippen LogP contribution in [0.3, 0.4) is 0 Å². The lowest BCUT2D eigenvalue weighted by Gasteiger charge is -2.30. The molecule has 14 heavy (non-hydrogen) atoms. The number of aromatic nitrogens is 1. The molecule has 3 unspecified atom stereocenters. The minimum Gasteiger partial charge on any atom is -0.245 e. The van der Waals surface area contributed by atoms with E-state index in [2.05, 4.69) is 54.7 Å². The van der Waals surface area contributed by atoms with Crippen LogP contribution in [-0.4, -0.2) is 21.2 Å². The summed E-state index contributed by atoms with van der Waals surface area (Å²) in [5, 5.41) is 5.65. The molecule has 1 aliphatic rings. The van der Waals surface area contributed by atoms with E-state index < -0.39 is 0 Å². The molecule has 0 N–H and O–H groups in total. The quantitative estimate of drug-likeness (QED) is 0.748. The van der Waals surface area contributed by atoms with Crippen molar-refractivity contribution in [1.29, 1.82) is 0 Å². The summed E-state index contributed by atoms with van der Waals surface area (Å²) in [5.74, 6) is 1.23. The number of thiazole rings is 1. The highest BCUT2D eigenvalue weighted by Gasteiger charge is 2.28. The van der Waals surface area contributed by atoms with E-state index in [-0.39, 0.29) is 0 Å². The molecule has 1 saturated heterocycles. The molecule has 3 atom stereocenters. The minimum absolute atomic E-state index is 0.630. The van der Waals surface area contributed by atoms with Crippen LogP contribution in [0, 0.1) is 6.92 Å². The third-order valence-electron chi connectivity index (χ3n) is 2.46. The first kappa shape index (κ1) is 10.8. The minimum atomic E-state index is 0.630. The van der Waals surface area contributed by atoms with E-state index in [1.807, 2.05) is 11.3 Å². The van der Waals surface area contributed by atoms with Gasteiger partial charge in [-0.1, -0.05) is 13.8 Å². The first-order valence-corrected chi connectivity index (χ1v) is 7.73. The van der Waals surface area contributed by atoms with Crippen molar-refractivity contribution in [1.82, 2.24) is 4.98 Å². The highest BCUT2D eigenvalue weighted by Crippen LogP contribution is 2.44. The van der Waals surface area contributed by atoms with Crippen LogP contribution in [0.1, 0.15) is 29.8 Å². The van der Waals surface area contributed by atoms with Crippen LogP contribution in [0.15, 0.2) is 5.38 Å². The van der Waals surface area contributed by atoms with E-state index in [1.165, 1.54) is 16.5 Å². The molecule has 1 aromatic heterocycles. The van der Waals surface area contributed by atoms with Crippen molar-refractivity contribution in [2.45, 2.75) is 36.5 Å². The predicted octanol–water partition coefficient (Wildman–Crippen LogP) is 3.75. The smallest absolute Gasteiger partial charge is 0.107 e. The molecular weight excluding hydrogens is 230 g/mol. The lowest BCUT2D eigenvalue weighted by Crippen LogP contribution is -2.21. The number of rotatable bonds is 1. The Morgan fingerprint density at radius 3 is 2.71 bits per heavy atom. The molecule has 0 saturated carbocycles. The first-order chi connectivity index (χ1) is 6.66. The van der Waals surface area contributed by atoms with Gasteiger partial charge >= 0.3 is 0 Å². The van der Waals surface area contributed by atoms with Crippen LogP contribution in [0.25, 0.3) is 0 Å². The summed E-state index contributed by atoms with van der Waals surface area (Å²) in [6.45, 7) is 6.73. The van der Waals surface area contributed by atoms with Gasteiger partial charge in [-0.25, -0.2) is 4.98 Å². The Hall–Kier alpha value is 0.330. The summed E-state index contributed by atoms with van der Waals surface area (Å²) < 4.78 is 0. The Morgan fingerprint density at radius 1 is 1.36 bits per heavy atom. The van der Waals surface area contributed by atoms with Gasteiger partial charge in [-0.3, -0.25) is 0 Å². The van der Waals surface area contributed by atoms with E-state index in [0.717, 1.165) is 10.5 Å². The van der Waals surface area contributed by atoms with Gasteiger partial charge in [-0.05, 0) is 6.92 Å². The molecule has 0 radical (unpaired) electrons. The molecule has 0 aromatic carbocycles. The summed E-state index contributed by atoms with van der Waals surface area (Å²) in [4.78, 5) is 4.58. The van der Waals surface area contributed by atoms with Gasteiger partial charge in [0.25, 0.3) is 0 Å². The van der Waals surface area contributed by atoms with Crippen molar-refractivity contribution < 1.29 is 0 Å². The summed E-state index contributed by atoms with van der Waals surface area (Å²) in [6, 6.07) is 0. The fraction of sp³-hybridized carbons (Fsp3) is 0.700. The van der Waals surface area contributed by atoms with Gasteiger partial charge in [0.05, 0.1) is 5.25 Å². The Morgan fingerprint density at radius 2 is 2.14 bits per heavy atom. The average Bonchev–Trinajstić information content (AvgIpc) is 2.57. The second kappa shape index (κ2) is 4.45. The molecule has 78 valence electrons. The van der Waals surface area contributed by atoms with Gasteiger partial charge in [-0.2, -0.15) is 11.8 Å². The second-order valence-corrected chi connectivity index (χ2v) is 7.58. The van der Waals surface area contributed by atoms with E-state index in [9.17, 15) is 0 Å². The zero-order chi connectivity index (χ0) is 10.1. The third kappa shape index (κ3) is 2.28. The standard InChI is InChI=1S/C10H15NS3/c1-6-4-13-10(11-6)9-5-12-7(2)8(3)14-9/h4,7-9H,5H2,1-3H3. The molecule has 0 amide bonds. The normalized spacial score (nSPS) is 33.2. The average molecular weight is 245 g/mol. The van der Waals surface area contributed by atoms with Crippen LogP contribution in [0.4, 0.5) is 0 Å². The molecule has 1 aliphatic heterocycles. The van der Waals surface area contributed by atoms with Crippen molar-refractivity contribution in [2.75, 3.05) is 5.75 Å². The van der Waals surface area contributed by atoms with Crippen LogP contribution in [0.5, 0.6) is 0 Å². The van der Waals surface area contributed by atoms with Crippen molar-refractivity contribution in [3.8, 4) is 0 Å². The first-order valence-electron chi connectivity index (χ1n) is 4.86. The highest BCUT2D eigenvalue weighted by molar-refractivity contribution is 8.07. The monoisotopic (exact) mass is 245 g/mol. The van der Waals surface area contributed by atoms with Gasteiger partial charge in [0.15, 0.2) is 0 Å². The molecule has 1 aromatic rings. The zero-order valence-corrected chi connectivity index (χ0v) is 11.1. The van der Waals surface area contributed by atoms with E-state index in [1.54, 1.807) is 0 Å². The van der Waals surface area contributed by atoms with Crippen molar-refractivity contribution in [3.05, 3.63) is 16.1 Å². The Bertz CT molecular complexity index is 310. The van der Waals surface area contributed by atoms with Crippen molar-refractivity contribution in [3.63, 3.8) is 0 Å². The lowest BCUT2D eigenvalue weighted by atomic mass is 10.4. The van der Waals surface area contributed by atoms with Crippen LogP contribution in [-0.2, 0) is 0 Å². The van der Waals surface area contributed by atoms with Gasteiger partial charge < -0.3 is 0 Å². The molecule has 0 aliphatic carbocycles. The summed E-state index contributed by atoms with van der Waals surface area (Å²) in [5.41, 5.74) is 1.17. The Kier molecular flexibility index (Phi) is 3.45. The molecule has 1 nitrogen and oxygen atoms in total. The highest BCUT2D eigenvalue weighted by atomic mass is 32.2. The number of aryl methyl sites for hydroxylation is 1. The second-order valence-electron chi connectivity index (χ2n) is 3.70. The van der Waals surface area contributed by atoms with Crippen LogP contribution in [0.2, 0.25) is 0 Å². The maximum atomic E-state index is 4.58. The molecular formula is C10H15NS3. The molecule has 2 heterocycles. The fourth-order valence-corrected chi connectivity index (χ4v) is 5.44. The van der Waals surface area contributed by atoms with Gasteiger partial charge in [0.1, 0.15) is 5.01 Å². The molecule has 0 spiro atoms. The van der Waals surface area contributed by atoms with E-state index >= 15 is 0 Å². The summed E-state index contributed by atoms with van der Waals surface area (Å²) in [6.07, 6.45) is 0. The number of hydrogen-bond donors (Lipinski definition) is 0. The SMILES string of the molecule is Cc1csc(C2CSC(C)C(C)S2)n1. The zero-order valence-electron chi connectivity index (χ0n) is 8.69. The number of thioether (sulfide) groups is 2. The van der Waals surface area contributed by atoms with Crippen LogP contribution >= 0.6 is 34.9 Å². The maximum Gasteiger partial charge on any atom is 0.107 e. The molecule has 2 rings (SSSR count). The largest absolute Gasteiger partial charge is 0.245 e. The Labute approximate surface area is 98.1 Å². The lowest BCUT2D eigenvalue weighted by molar-refractivity contribution is 0.889. The van der Waals surface area contributed by atoms with Crippen LogP contribution < -0.4 is 0 Å². The number of hydrogen-bond acceptors (Lipinski definition) is 4. The Balaban J connectivity index is 2.06. The van der Waals surface area contributed by atoms with Crippen molar-refractivity contribution in [2.24, 2.45) is 0 Å². The molecule has 0 bridgehead atoms.